The number of likely N-dealkylation sites (tertiary alicyclic amines) is 1. The Labute approximate surface area is 155 Å². The van der Waals surface area contributed by atoms with Gasteiger partial charge < -0.3 is 9.52 Å². The second-order valence-electron chi connectivity index (χ2n) is 6.61. The minimum atomic E-state index is -0.318. The van der Waals surface area contributed by atoms with Gasteiger partial charge in [-0.05, 0) is 61.7 Å². The number of nitrogens with zero attached hydrogens (tertiary/aromatic N) is 2. The molecular formula is C19H22N2O2S2. The summed E-state index contributed by atoms with van der Waals surface area (Å²) in [6.45, 7) is 4.80. The van der Waals surface area contributed by atoms with Crippen LogP contribution in [0.25, 0.3) is 11.5 Å². The first-order valence-corrected chi connectivity index (χ1v) is 10.5. The maximum atomic E-state index is 10.5. The van der Waals surface area contributed by atoms with Crippen LogP contribution in [-0.2, 0) is 6.54 Å². The highest BCUT2D eigenvalue weighted by atomic mass is 32.1. The van der Waals surface area contributed by atoms with Crippen molar-refractivity contribution in [3.8, 4) is 11.5 Å². The molecule has 3 aromatic rings. The maximum absolute atomic E-state index is 10.5. The van der Waals surface area contributed by atoms with Crippen LogP contribution in [0.3, 0.4) is 0 Å². The molecule has 4 nitrogen and oxygen atoms in total. The Bertz CT molecular complexity index is 788. The monoisotopic (exact) mass is 374 g/mol. The summed E-state index contributed by atoms with van der Waals surface area (Å²) in [5.41, 5.74) is 2.08. The Balaban J connectivity index is 1.36. The third-order valence-corrected chi connectivity index (χ3v) is 6.57. The standard InChI is InChI=1S/C19H22N2O2S2/c1-13-16(20-19(23-13)15-6-10-24-12-15)11-21-7-4-14(5-8-21)18(22)17-3-2-9-25-17/h2-3,6,9-10,12,14,18,22H,4-5,7-8,11H2,1H3/t18-/m0/s1. The van der Waals surface area contributed by atoms with E-state index in [1.54, 1.807) is 22.7 Å². The average Bonchev–Trinajstić information content (AvgIpc) is 3.38. The van der Waals surface area contributed by atoms with Crippen LogP contribution in [0.15, 0.2) is 38.8 Å². The van der Waals surface area contributed by atoms with E-state index in [2.05, 4.69) is 10.3 Å². The van der Waals surface area contributed by atoms with E-state index in [9.17, 15) is 5.11 Å². The SMILES string of the molecule is Cc1oc(-c2ccsc2)nc1CN1CCC([C@H](O)c2cccs2)CC1. The zero-order valence-electron chi connectivity index (χ0n) is 14.2. The van der Waals surface area contributed by atoms with Crippen molar-refractivity contribution in [3.63, 3.8) is 0 Å². The quantitative estimate of drug-likeness (QED) is 0.702. The second-order valence-corrected chi connectivity index (χ2v) is 8.37. The molecule has 1 fully saturated rings. The van der Waals surface area contributed by atoms with Gasteiger partial charge in [0.2, 0.25) is 5.89 Å². The van der Waals surface area contributed by atoms with E-state index < -0.39 is 0 Å². The summed E-state index contributed by atoms with van der Waals surface area (Å²) in [5.74, 6) is 1.98. The van der Waals surface area contributed by atoms with Crippen molar-refractivity contribution in [3.05, 3.63) is 50.7 Å². The van der Waals surface area contributed by atoms with E-state index in [-0.39, 0.29) is 6.10 Å². The van der Waals surface area contributed by atoms with E-state index in [0.29, 0.717) is 5.92 Å². The first-order valence-electron chi connectivity index (χ1n) is 8.63. The van der Waals surface area contributed by atoms with Crippen LogP contribution >= 0.6 is 22.7 Å². The predicted molar refractivity (Wildman–Crippen MR) is 102 cm³/mol. The second kappa shape index (κ2) is 7.41. The summed E-state index contributed by atoms with van der Waals surface area (Å²) in [6.07, 6.45) is 1.72. The molecule has 1 atom stereocenters. The molecule has 0 spiro atoms. The molecule has 4 rings (SSSR count). The van der Waals surface area contributed by atoms with Gasteiger partial charge in [-0.3, -0.25) is 4.90 Å². The van der Waals surface area contributed by atoms with Crippen molar-refractivity contribution in [1.82, 2.24) is 9.88 Å². The zero-order chi connectivity index (χ0) is 17.2. The molecule has 1 saturated heterocycles. The lowest BCUT2D eigenvalue weighted by Crippen LogP contribution is -2.35. The van der Waals surface area contributed by atoms with E-state index in [4.69, 9.17) is 9.40 Å². The molecule has 0 amide bonds. The minimum Gasteiger partial charge on any atom is -0.441 e. The van der Waals surface area contributed by atoms with Gasteiger partial charge in [0.25, 0.3) is 0 Å². The molecule has 132 valence electrons. The number of oxazole rings is 1. The van der Waals surface area contributed by atoms with Gasteiger partial charge in [0, 0.05) is 22.4 Å². The van der Waals surface area contributed by atoms with Gasteiger partial charge in [0.05, 0.1) is 11.8 Å². The van der Waals surface area contributed by atoms with Crippen molar-refractivity contribution >= 4 is 22.7 Å². The molecule has 0 aromatic carbocycles. The normalized spacial score (nSPS) is 17.8. The molecule has 1 N–H and O–H groups in total. The Hall–Kier alpha value is -1.47. The smallest absolute Gasteiger partial charge is 0.227 e. The molecule has 25 heavy (non-hydrogen) atoms. The summed E-state index contributed by atoms with van der Waals surface area (Å²) in [5, 5.41) is 16.7. The first-order chi connectivity index (χ1) is 12.2. The Morgan fingerprint density at radius 1 is 1.32 bits per heavy atom. The van der Waals surface area contributed by atoms with Crippen molar-refractivity contribution in [1.29, 1.82) is 0 Å². The number of rotatable bonds is 5. The van der Waals surface area contributed by atoms with Gasteiger partial charge in [-0.15, -0.1) is 11.3 Å². The highest BCUT2D eigenvalue weighted by Crippen LogP contribution is 2.33. The fourth-order valence-electron chi connectivity index (χ4n) is 3.41. The number of aromatic nitrogens is 1. The first kappa shape index (κ1) is 17.0. The molecule has 3 aromatic heterocycles. The summed E-state index contributed by atoms with van der Waals surface area (Å²) in [4.78, 5) is 8.20. The average molecular weight is 375 g/mol. The number of thiophene rings is 2. The molecular weight excluding hydrogens is 352 g/mol. The number of aliphatic hydroxyl groups is 1. The van der Waals surface area contributed by atoms with Crippen LogP contribution in [0.4, 0.5) is 0 Å². The molecule has 1 aliphatic heterocycles. The number of hydrogen-bond donors (Lipinski definition) is 1. The highest BCUT2D eigenvalue weighted by Gasteiger charge is 2.27. The van der Waals surface area contributed by atoms with Crippen molar-refractivity contribution in [2.75, 3.05) is 13.1 Å². The largest absolute Gasteiger partial charge is 0.441 e. The van der Waals surface area contributed by atoms with Gasteiger partial charge >= 0.3 is 0 Å². The number of aryl methyl sites for hydroxylation is 1. The number of hydrogen-bond acceptors (Lipinski definition) is 6. The topological polar surface area (TPSA) is 49.5 Å². The van der Waals surface area contributed by atoms with E-state index in [0.717, 1.165) is 60.3 Å². The van der Waals surface area contributed by atoms with Gasteiger partial charge in [0.1, 0.15) is 5.76 Å². The van der Waals surface area contributed by atoms with Crippen LogP contribution in [-0.4, -0.2) is 28.1 Å². The van der Waals surface area contributed by atoms with E-state index in [1.165, 1.54) is 0 Å². The maximum Gasteiger partial charge on any atom is 0.227 e. The van der Waals surface area contributed by atoms with Crippen LogP contribution in [0.5, 0.6) is 0 Å². The number of aliphatic hydroxyl groups excluding tert-OH is 1. The Morgan fingerprint density at radius 3 is 2.84 bits per heavy atom. The molecule has 6 heteroatoms. The zero-order valence-corrected chi connectivity index (χ0v) is 15.9. The fraction of sp³-hybridized carbons (Fsp3) is 0.421. The van der Waals surface area contributed by atoms with E-state index in [1.807, 2.05) is 35.9 Å². The third-order valence-electron chi connectivity index (χ3n) is 4.95. The van der Waals surface area contributed by atoms with Crippen molar-refractivity contribution in [2.45, 2.75) is 32.4 Å². The summed E-state index contributed by atoms with van der Waals surface area (Å²) < 4.78 is 5.84. The molecule has 4 heterocycles. The molecule has 0 saturated carbocycles. The molecule has 0 bridgehead atoms. The Morgan fingerprint density at radius 2 is 2.16 bits per heavy atom. The number of piperidine rings is 1. The predicted octanol–water partition coefficient (Wildman–Crippen LogP) is 4.72. The molecule has 0 aliphatic carbocycles. The van der Waals surface area contributed by atoms with E-state index >= 15 is 0 Å². The third kappa shape index (κ3) is 3.72. The lowest BCUT2D eigenvalue weighted by molar-refractivity contribution is 0.0586. The summed E-state index contributed by atoms with van der Waals surface area (Å²) in [7, 11) is 0. The molecule has 1 aliphatic rings. The lowest BCUT2D eigenvalue weighted by atomic mass is 9.90. The highest BCUT2D eigenvalue weighted by molar-refractivity contribution is 7.10. The van der Waals surface area contributed by atoms with Crippen molar-refractivity contribution in [2.24, 2.45) is 5.92 Å². The van der Waals surface area contributed by atoms with Gasteiger partial charge in [-0.1, -0.05) is 6.07 Å². The Kier molecular flexibility index (Phi) is 5.03. The van der Waals surface area contributed by atoms with Gasteiger partial charge in [0.15, 0.2) is 0 Å². The summed E-state index contributed by atoms with van der Waals surface area (Å²) in [6, 6.07) is 6.08. The minimum absolute atomic E-state index is 0.318. The molecule has 0 radical (unpaired) electrons. The van der Waals surface area contributed by atoms with Crippen LogP contribution in [0, 0.1) is 12.8 Å². The van der Waals surface area contributed by atoms with Gasteiger partial charge in [-0.2, -0.15) is 11.3 Å². The van der Waals surface area contributed by atoms with Crippen LogP contribution in [0.1, 0.15) is 35.3 Å². The fourth-order valence-corrected chi connectivity index (χ4v) is 4.85. The lowest BCUT2D eigenvalue weighted by Gasteiger charge is -2.33. The van der Waals surface area contributed by atoms with Gasteiger partial charge in [-0.25, -0.2) is 4.98 Å². The molecule has 0 unspecified atom stereocenters. The van der Waals surface area contributed by atoms with Crippen LogP contribution in [0.2, 0.25) is 0 Å². The van der Waals surface area contributed by atoms with Crippen LogP contribution < -0.4 is 0 Å². The van der Waals surface area contributed by atoms with Crippen molar-refractivity contribution < 1.29 is 9.52 Å². The summed E-state index contributed by atoms with van der Waals surface area (Å²) >= 11 is 3.30.